The van der Waals surface area contributed by atoms with Crippen LogP contribution in [0.3, 0.4) is 0 Å². The third-order valence-corrected chi connectivity index (χ3v) is 4.26. The quantitative estimate of drug-likeness (QED) is 0.365. The molecule has 4 atom stereocenters. The van der Waals surface area contributed by atoms with Gasteiger partial charge >= 0.3 is 5.97 Å². The van der Waals surface area contributed by atoms with Crippen LogP contribution in [0.15, 0.2) is 36.5 Å². The Hall–Kier alpha value is -1.39. The number of hydrogen-bond donors (Lipinski definition) is 1. The average molecular weight is 365 g/mol. The van der Waals surface area contributed by atoms with E-state index in [1.165, 1.54) is 0 Å². The van der Waals surface area contributed by atoms with Crippen molar-refractivity contribution in [3.05, 3.63) is 36.5 Å². The fourth-order valence-corrected chi connectivity index (χ4v) is 3.08. The van der Waals surface area contributed by atoms with Crippen molar-refractivity contribution < 1.29 is 19.4 Å². The van der Waals surface area contributed by atoms with Crippen LogP contribution >= 0.6 is 0 Å². The molecule has 0 aromatic carbocycles. The molecular formula is C22H36O4. The van der Waals surface area contributed by atoms with E-state index in [1.807, 2.05) is 45.9 Å². The Morgan fingerprint density at radius 1 is 1.35 bits per heavy atom. The highest BCUT2D eigenvalue weighted by Gasteiger charge is 2.26. The maximum absolute atomic E-state index is 11.7. The molecule has 0 saturated carbocycles. The third kappa shape index (κ3) is 8.81. The molecule has 1 aliphatic rings. The molecule has 1 aliphatic heterocycles. The molecule has 0 aromatic rings. The number of aliphatic hydroxyl groups is 1. The first-order valence-corrected chi connectivity index (χ1v) is 9.65. The van der Waals surface area contributed by atoms with Gasteiger partial charge in [0.15, 0.2) is 0 Å². The minimum atomic E-state index is -0.605. The Labute approximate surface area is 159 Å². The first kappa shape index (κ1) is 22.7. The molecular weight excluding hydrogens is 328 g/mol. The van der Waals surface area contributed by atoms with Gasteiger partial charge in [0.05, 0.1) is 6.10 Å². The highest BCUT2D eigenvalue weighted by molar-refractivity contribution is 5.69. The number of hydrogen-bond acceptors (Lipinski definition) is 4. The summed E-state index contributed by atoms with van der Waals surface area (Å²) in [6.45, 7) is 13.6. The molecule has 0 fully saturated rings. The molecule has 0 spiro atoms. The van der Waals surface area contributed by atoms with Crippen molar-refractivity contribution >= 4 is 5.97 Å². The number of rotatable bonds is 9. The molecule has 0 aliphatic carbocycles. The van der Waals surface area contributed by atoms with Crippen LogP contribution in [0.5, 0.6) is 0 Å². The molecule has 0 bridgehead atoms. The zero-order valence-electron chi connectivity index (χ0n) is 17.0. The van der Waals surface area contributed by atoms with Crippen LogP contribution in [0, 0.1) is 5.92 Å². The number of allylic oxidation sites excluding steroid dienone is 1. The zero-order valence-corrected chi connectivity index (χ0v) is 17.0. The highest BCUT2D eigenvalue weighted by Crippen LogP contribution is 2.24. The topological polar surface area (TPSA) is 55.8 Å². The fourth-order valence-electron chi connectivity index (χ4n) is 3.08. The van der Waals surface area contributed by atoms with Crippen molar-refractivity contribution in [3.8, 4) is 0 Å². The van der Waals surface area contributed by atoms with Crippen LogP contribution in [0.2, 0.25) is 0 Å². The molecule has 0 aromatic heterocycles. The molecule has 0 radical (unpaired) electrons. The smallest absolute Gasteiger partial charge is 0.306 e. The first-order chi connectivity index (χ1) is 12.1. The van der Waals surface area contributed by atoms with E-state index in [2.05, 4.69) is 19.6 Å². The van der Waals surface area contributed by atoms with Gasteiger partial charge in [-0.15, -0.1) is 6.58 Å². The van der Waals surface area contributed by atoms with Crippen molar-refractivity contribution in [2.75, 3.05) is 0 Å². The number of ether oxygens (including phenoxy) is 2. The van der Waals surface area contributed by atoms with Gasteiger partial charge in [-0.3, -0.25) is 4.79 Å². The Morgan fingerprint density at radius 3 is 2.65 bits per heavy atom. The Morgan fingerprint density at radius 2 is 2.04 bits per heavy atom. The van der Waals surface area contributed by atoms with Crippen LogP contribution in [0.1, 0.15) is 66.7 Å². The summed E-state index contributed by atoms with van der Waals surface area (Å²) in [5.74, 6) is 0.240. The zero-order chi connectivity index (χ0) is 19.7. The predicted octanol–water partition coefficient (Wildman–Crippen LogP) is 4.73. The number of esters is 1. The highest BCUT2D eigenvalue weighted by atomic mass is 16.6. The van der Waals surface area contributed by atoms with Crippen molar-refractivity contribution in [1.82, 2.24) is 0 Å². The van der Waals surface area contributed by atoms with E-state index < -0.39 is 11.7 Å². The van der Waals surface area contributed by atoms with Crippen LogP contribution < -0.4 is 0 Å². The van der Waals surface area contributed by atoms with Gasteiger partial charge in [-0.05, 0) is 58.4 Å². The van der Waals surface area contributed by atoms with E-state index in [-0.39, 0.29) is 18.2 Å². The Bertz CT molecular complexity index is 513. The normalized spacial score (nSPS) is 25.0. The molecule has 1 heterocycles. The number of unbranched alkanes of at least 4 members (excludes halogenated alkanes) is 1. The maximum atomic E-state index is 11.7. The summed E-state index contributed by atoms with van der Waals surface area (Å²) in [6, 6.07) is 0. The maximum Gasteiger partial charge on any atom is 0.306 e. The van der Waals surface area contributed by atoms with E-state index >= 15 is 0 Å². The van der Waals surface area contributed by atoms with Crippen molar-refractivity contribution in [1.29, 1.82) is 0 Å². The lowest BCUT2D eigenvalue weighted by Crippen LogP contribution is -2.36. The van der Waals surface area contributed by atoms with Crippen molar-refractivity contribution in [3.63, 3.8) is 0 Å². The van der Waals surface area contributed by atoms with Crippen LogP contribution in [-0.4, -0.2) is 35.0 Å². The molecule has 1 N–H and O–H groups in total. The van der Waals surface area contributed by atoms with Gasteiger partial charge in [0.25, 0.3) is 0 Å². The molecule has 0 unspecified atom stereocenters. The van der Waals surface area contributed by atoms with Gasteiger partial charge in [-0.25, -0.2) is 0 Å². The predicted molar refractivity (Wildman–Crippen MR) is 106 cm³/mol. The summed E-state index contributed by atoms with van der Waals surface area (Å²) in [5.41, 5.74) is 0.638. The van der Waals surface area contributed by atoms with E-state index in [4.69, 9.17) is 9.47 Å². The monoisotopic (exact) mass is 364 g/mol. The second kappa shape index (κ2) is 10.7. The number of carbonyl (C=O) groups excluding carboxylic acids is 1. The molecule has 4 heteroatoms. The fraction of sp³-hybridized carbons (Fsp3) is 0.682. The minimum absolute atomic E-state index is 0.0200. The molecule has 0 amide bonds. The molecule has 26 heavy (non-hydrogen) atoms. The largest absolute Gasteiger partial charge is 0.460 e. The van der Waals surface area contributed by atoms with E-state index in [9.17, 15) is 9.90 Å². The summed E-state index contributed by atoms with van der Waals surface area (Å²) in [6.07, 6.45) is 10.8. The van der Waals surface area contributed by atoms with E-state index in [0.29, 0.717) is 12.3 Å². The second-order valence-corrected chi connectivity index (χ2v) is 8.22. The van der Waals surface area contributed by atoms with Gasteiger partial charge in [-0.2, -0.15) is 0 Å². The molecule has 1 rings (SSSR count). The average Bonchev–Trinajstić information content (AvgIpc) is 2.52. The lowest BCUT2D eigenvalue weighted by Gasteiger charge is -2.30. The summed E-state index contributed by atoms with van der Waals surface area (Å²) >= 11 is 0. The van der Waals surface area contributed by atoms with E-state index in [1.54, 1.807) is 0 Å². The summed E-state index contributed by atoms with van der Waals surface area (Å²) in [5, 5.41) is 10.2. The first-order valence-electron chi connectivity index (χ1n) is 9.65. The number of aliphatic hydroxyl groups excluding tert-OH is 1. The van der Waals surface area contributed by atoms with Crippen LogP contribution in [0.4, 0.5) is 0 Å². The standard InChI is InChI=1S/C22H36O4/c1-7-10-18-13-14-19(23)21(25-18)17(3)15-16(2)11-8-9-12-20(24)26-22(4,5)6/h7,13-16,18-19,21,23H,1,8-12H2,2-6H3/b17-15+/t16-,18+,19+,21+/m1/s1. The van der Waals surface area contributed by atoms with Crippen LogP contribution in [0.25, 0.3) is 0 Å². The minimum Gasteiger partial charge on any atom is -0.460 e. The Balaban J connectivity index is 2.40. The van der Waals surface area contributed by atoms with Gasteiger partial charge in [0, 0.05) is 6.42 Å². The summed E-state index contributed by atoms with van der Waals surface area (Å²) in [4.78, 5) is 11.7. The van der Waals surface area contributed by atoms with Gasteiger partial charge < -0.3 is 14.6 Å². The van der Waals surface area contributed by atoms with Crippen LogP contribution in [-0.2, 0) is 14.3 Å². The van der Waals surface area contributed by atoms with Gasteiger partial charge in [-0.1, -0.05) is 37.6 Å². The molecule has 0 saturated heterocycles. The van der Waals surface area contributed by atoms with E-state index in [0.717, 1.165) is 31.3 Å². The second-order valence-electron chi connectivity index (χ2n) is 8.22. The lowest BCUT2D eigenvalue weighted by atomic mass is 9.95. The summed E-state index contributed by atoms with van der Waals surface area (Å²) < 4.78 is 11.3. The summed E-state index contributed by atoms with van der Waals surface area (Å²) in [7, 11) is 0. The van der Waals surface area contributed by atoms with Gasteiger partial charge in [0.2, 0.25) is 0 Å². The Kier molecular flexibility index (Phi) is 9.31. The van der Waals surface area contributed by atoms with Crippen molar-refractivity contribution in [2.45, 2.75) is 90.6 Å². The SMILES string of the molecule is C=CC[C@H]1C=C[C@H](O)[C@H](/C(C)=C/[C@H](C)CCCCC(=O)OC(C)(C)C)O1. The molecule has 148 valence electrons. The van der Waals surface area contributed by atoms with Crippen molar-refractivity contribution in [2.24, 2.45) is 5.92 Å². The number of carbonyl (C=O) groups is 1. The third-order valence-electron chi connectivity index (χ3n) is 4.26. The molecule has 4 nitrogen and oxygen atoms in total. The van der Waals surface area contributed by atoms with Gasteiger partial charge in [0.1, 0.15) is 17.8 Å². The lowest BCUT2D eigenvalue weighted by molar-refractivity contribution is -0.154.